The molecule has 0 saturated carbocycles. The molecule has 0 spiro atoms. The lowest BCUT2D eigenvalue weighted by Gasteiger charge is -2.32. The highest BCUT2D eigenvalue weighted by molar-refractivity contribution is 7.12. The molecule has 1 N–H and O–H groups in total. The molecule has 4 heterocycles. The first-order valence-corrected chi connectivity index (χ1v) is 12.0. The highest BCUT2D eigenvalue weighted by atomic mass is 32.1. The summed E-state index contributed by atoms with van der Waals surface area (Å²) in [6.07, 6.45) is 3.52. The van der Waals surface area contributed by atoms with Crippen LogP contribution in [0.2, 0.25) is 0 Å². The van der Waals surface area contributed by atoms with Gasteiger partial charge >= 0.3 is 0 Å². The van der Waals surface area contributed by atoms with Gasteiger partial charge in [0.05, 0.1) is 23.1 Å². The van der Waals surface area contributed by atoms with Crippen molar-refractivity contribution < 1.29 is 19.1 Å². The minimum Gasteiger partial charge on any atom is -0.383 e. The molecule has 3 amide bonds. The third-order valence-electron chi connectivity index (χ3n) is 6.13. The van der Waals surface area contributed by atoms with Crippen LogP contribution in [0.4, 0.5) is 0 Å². The van der Waals surface area contributed by atoms with Gasteiger partial charge in [-0.2, -0.15) is 0 Å². The summed E-state index contributed by atoms with van der Waals surface area (Å²) in [6, 6.07) is 6.14. The Kier molecular flexibility index (Phi) is 7.69. The molecule has 0 aliphatic carbocycles. The van der Waals surface area contributed by atoms with Gasteiger partial charge in [0.25, 0.3) is 11.8 Å². The Balaban J connectivity index is 1.61. The van der Waals surface area contributed by atoms with Crippen molar-refractivity contribution in [3.63, 3.8) is 0 Å². The third kappa shape index (κ3) is 5.23. The number of nitrogens with zero attached hydrogens (tertiary/aromatic N) is 4. The van der Waals surface area contributed by atoms with Crippen molar-refractivity contribution in [3.8, 4) is 0 Å². The zero-order valence-electron chi connectivity index (χ0n) is 18.7. The van der Waals surface area contributed by atoms with Crippen LogP contribution >= 0.6 is 11.3 Å². The fourth-order valence-corrected chi connectivity index (χ4v) is 5.11. The summed E-state index contributed by atoms with van der Waals surface area (Å²) in [5.41, 5.74) is 0.435. The van der Waals surface area contributed by atoms with Crippen LogP contribution in [0.5, 0.6) is 0 Å². The van der Waals surface area contributed by atoms with Crippen molar-refractivity contribution in [2.24, 2.45) is 0 Å². The van der Waals surface area contributed by atoms with Gasteiger partial charge < -0.3 is 24.8 Å². The van der Waals surface area contributed by atoms with Crippen LogP contribution < -0.4 is 5.32 Å². The van der Waals surface area contributed by atoms with Crippen LogP contribution in [-0.4, -0.2) is 102 Å². The van der Waals surface area contributed by atoms with E-state index < -0.39 is 6.04 Å². The monoisotopic (exact) mass is 471 g/mol. The van der Waals surface area contributed by atoms with Crippen molar-refractivity contribution in [2.45, 2.75) is 18.5 Å². The minimum atomic E-state index is -0.623. The van der Waals surface area contributed by atoms with E-state index >= 15 is 0 Å². The van der Waals surface area contributed by atoms with Gasteiger partial charge in [-0.05, 0) is 30.0 Å². The number of likely N-dealkylation sites (tertiary alicyclic amines) is 1. The van der Waals surface area contributed by atoms with E-state index in [2.05, 4.69) is 10.3 Å². The molecule has 4 rings (SSSR count). The zero-order valence-corrected chi connectivity index (χ0v) is 19.5. The van der Waals surface area contributed by atoms with Gasteiger partial charge in [-0.15, -0.1) is 11.3 Å². The molecule has 2 aromatic rings. The smallest absolute Gasteiger partial charge is 0.264 e. The molecule has 2 fully saturated rings. The molecule has 2 atom stereocenters. The van der Waals surface area contributed by atoms with Crippen LogP contribution in [0, 0.1) is 0 Å². The van der Waals surface area contributed by atoms with E-state index in [1.807, 2.05) is 16.3 Å². The van der Waals surface area contributed by atoms with Gasteiger partial charge in [0.2, 0.25) is 5.91 Å². The molecule has 2 saturated heterocycles. The molecular weight excluding hydrogens is 442 g/mol. The molecule has 0 radical (unpaired) electrons. The Morgan fingerprint density at radius 3 is 2.73 bits per heavy atom. The number of piperazine rings is 1. The number of carbonyl (C=O) groups excluding carboxylic acids is 3. The van der Waals surface area contributed by atoms with Gasteiger partial charge in [-0.3, -0.25) is 19.4 Å². The maximum Gasteiger partial charge on any atom is 0.264 e. The zero-order chi connectivity index (χ0) is 23.2. The van der Waals surface area contributed by atoms with E-state index in [4.69, 9.17) is 4.74 Å². The summed E-state index contributed by atoms with van der Waals surface area (Å²) in [4.78, 5) is 50.1. The number of aromatic nitrogens is 1. The maximum absolute atomic E-state index is 13.5. The van der Waals surface area contributed by atoms with Crippen LogP contribution in [-0.2, 0) is 9.53 Å². The number of rotatable bonds is 7. The summed E-state index contributed by atoms with van der Waals surface area (Å²) in [5.74, 6) is -0.406. The van der Waals surface area contributed by atoms with Gasteiger partial charge in [-0.1, -0.05) is 6.07 Å². The number of pyridine rings is 1. The third-order valence-corrected chi connectivity index (χ3v) is 6.99. The quantitative estimate of drug-likeness (QED) is 0.646. The number of nitrogens with one attached hydrogen (secondary N) is 1. The first kappa shape index (κ1) is 23.3. The lowest BCUT2D eigenvalue weighted by Crippen LogP contribution is -2.53. The van der Waals surface area contributed by atoms with E-state index in [1.165, 1.54) is 17.5 Å². The summed E-state index contributed by atoms with van der Waals surface area (Å²) in [5, 5.41) is 5.12. The second kappa shape index (κ2) is 10.9. The van der Waals surface area contributed by atoms with E-state index in [0.29, 0.717) is 43.1 Å². The largest absolute Gasteiger partial charge is 0.383 e. The van der Waals surface area contributed by atoms with Gasteiger partial charge in [0.15, 0.2) is 0 Å². The highest BCUT2D eigenvalue weighted by Gasteiger charge is 2.44. The van der Waals surface area contributed by atoms with Crippen molar-refractivity contribution in [1.29, 1.82) is 0 Å². The average molecular weight is 472 g/mol. The number of hydrogen-bond acceptors (Lipinski definition) is 7. The van der Waals surface area contributed by atoms with E-state index in [9.17, 15) is 14.4 Å². The second-order valence-electron chi connectivity index (χ2n) is 8.15. The molecule has 2 aromatic heterocycles. The summed E-state index contributed by atoms with van der Waals surface area (Å²) >= 11 is 1.38. The predicted molar refractivity (Wildman–Crippen MR) is 124 cm³/mol. The Morgan fingerprint density at radius 1 is 1.24 bits per heavy atom. The van der Waals surface area contributed by atoms with Crippen molar-refractivity contribution in [3.05, 3.63) is 52.5 Å². The Hall–Kier alpha value is -2.82. The Labute approximate surface area is 197 Å². The molecule has 10 heteroatoms. The average Bonchev–Trinajstić information content (AvgIpc) is 3.55. The number of amides is 3. The number of hydrogen-bond donors (Lipinski definition) is 1. The number of ether oxygens (including phenoxy) is 1. The van der Waals surface area contributed by atoms with E-state index in [1.54, 1.807) is 41.3 Å². The van der Waals surface area contributed by atoms with Gasteiger partial charge in [0.1, 0.15) is 6.04 Å². The van der Waals surface area contributed by atoms with E-state index in [-0.39, 0.29) is 30.3 Å². The van der Waals surface area contributed by atoms with Crippen LogP contribution in [0.25, 0.3) is 0 Å². The summed E-state index contributed by atoms with van der Waals surface area (Å²) in [6.45, 7) is 3.73. The minimum absolute atomic E-state index is 0.0634. The second-order valence-corrected chi connectivity index (χ2v) is 9.10. The number of methoxy groups -OCH3 is 1. The molecule has 2 aliphatic heterocycles. The van der Waals surface area contributed by atoms with Gasteiger partial charge in [-0.25, -0.2) is 0 Å². The van der Waals surface area contributed by atoms with Crippen LogP contribution in [0.15, 0.2) is 42.0 Å². The Bertz CT molecular complexity index is 949. The fraction of sp³-hybridized carbons (Fsp3) is 0.478. The molecule has 176 valence electrons. The lowest BCUT2D eigenvalue weighted by atomic mass is 10.1. The normalized spacial score (nSPS) is 20.6. The lowest BCUT2D eigenvalue weighted by molar-refractivity contribution is -0.135. The molecule has 9 nitrogen and oxygen atoms in total. The summed E-state index contributed by atoms with van der Waals surface area (Å²) < 4.78 is 5.25. The standard InChI is InChI=1S/C23H29N5O4S/c1-32-12-11-27(23(31)20-5-3-13-33-20)18-14-19(22(30)26-9-7-24-8-10-26)28(16-18)21(29)17-4-2-6-25-15-17/h2-6,13,15,18-19,24H,7-12,14,16H2,1H3. The van der Waals surface area contributed by atoms with Gasteiger partial charge in [0, 0.05) is 58.8 Å². The SMILES string of the molecule is COCCN(C(=O)c1cccs1)C1CC(C(=O)N2CCNCC2)N(C(=O)c2cccnc2)C1. The van der Waals surface area contributed by atoms with Crippen molar-refractivity contribution in [2.75, 3.05) is 53.0 Å². The van der Waals surface area contributed by atoms with E-state index in [0.717, 1.165) is 13.1 Å². The molecule has 2 aliphatic rings. The number of carbonyl (C=O) groups is 3. The molecule has 2 unspecified atom stereocenters. The van der Waals surface area contributed by atoms with Crippen LogP contribution in [0.1, 0.15) is 26.5 Å². The first-order chi connectivity index (χ1) is 16.1. The summed E-state index contributed by atoms with van der Waals surface area (Å²) in [7, 11) is 1.59. The topological polar surface area (TPSA) is 95.1 Å². The fourth-order valence-electron chi connectivity index (χ4n) is 4.43. The van der Waals surface area contributed by atoms with Crippen LogP contribution in [0.3, 0.4) is 0 Å². The molecular formula is C23H29N5O4S. The molecule has 0 aromatic carbocycles. The van der Waals surface area contributed by atoms with Crippen molar-refractivity contribution in [1.82, 2.24) is 25.0 Å². The maximum atomic E-state index is 13.5. The predicted octanol–water partition coefficient (Wildman–Crippen LogP) is 0.947. The first-order valence-electron chi connectivity index (χ1n) is 11.1. The number of thiophene rings is 1. The molecule has 0 bridgehead atoms. The van der Waals surface area contributed by atoms with Crippen molar-refractivity contribution >= 4 is 29.1 Å². The molecule has 33 heavy (non-hydrogen) atoms. The Morgan fingerprint density at radius 2 is 2.06 bits per heavy atom. The highest BCUT2D eigenvalue weighted by Crippen LogP contribution is 2.28.